The second kappa shape index (κ2) is 9.11. The lowest BCUT2D eigenvalue weighted by molar-refractivity contribution is -0.116. The topological polar surface area (TPSA) is 112 Å². The van der Waals surface area contributed by atoms with Crippen molar-refractivity contribution >= 4 is 33.1 Å². The molecule has 11 heteroatoms. The number of hydrogen-bond donors (Lipinski definition) is 1. The van der Waals surface area contributed by atoms with E-state index in [1.165, 1.54) is 41.5 Å². The van der Waals surface area contributed by atoms with Crippen molar-refractivity contribution in [1.29, 1.82) is 0 Å². The molecule has 9 nitrogen and oxygen atoms in total. The van der Waals surface area contributed by atoms with Crippen molar-refractivity contribution < 1.29 is 18.4 Å². The maximum atomic E-state index is 13.2. The van der Waals surface area contributed by atoms with Crippen LogP contribution in [0.1, 0.15) is 5.56 Å². The van der Waals surface area contributed by atoms with Crippen LogP contribution in [0.25, 0.3) is 32.4 Å². The predicted octanol–water partition coefficient (Wildman–Crippen LogP) is 4.27. The standard InChI is InChI=1S/C24H18FN5O4S/c1-13-19-23(35-20(13)22-28-21(29-34-22)14-6-8-15(25)9-7-14)26-12-30(24(19)32)11-18(31)27-16-4-3-5-17(10-16)33-2/h3-10,12H,11H2,1-2H3,(H,27,31). The van der Waals surface area contributed by atoms with E-state index in [9.17, 15) is 14.0 Å². The van der Waals surface area contributed by atoms with E-state index in [-0.39, 0.29) is 29.7 Å². The molecule has 0 bridgehead atoms. The number of methoxy groups -OCH3 is 1. The van der Waals surface area contributed by atoms with Crippen LogP contribution in [0.15, 0.2) is 64.2 Å². The Morgan fingerprint density at radius 1 is 1.23 bits per heavy atom. The van der Waals surface area contributed by atoms with E-state index >= 15 is 0 Å². The van der Waals surface area contributed by atoms with Gasteiger partial charge in [-0.05, 0) is 48.9 Å². The lowest BCUT2D eigenvalue weighted by Gasteiger charge is -2.08. The first-order valence-electron chi connectivity index (χ1n) is 10.5. The highest BCUT2D eigenvalue weighted by Gasteiger charge is 2.21. The first-order valence-corrected chi connectivity index (χ1v) is 11.3. The SMILES string of the molecule is COc1cccc(NC(=O)Cn2cnc3sc(-c4nc(-c5ccc(F)cc5)no4)c(C)c3c2=O)c1. The Labute approximate surface area is 201 Å². The fraction of sp³-hybridized carbons (Fsp3) is 0.125. The average Bonchev–Trinajstić information content (AvgIpc) is 3.46. The molecule has 0 fully saturated rings. The van der Waals surface area contributed by atoms with Gasteiger partial charge in [0.15, 0.2) is 0 Å². The zero-order chi connectivity index (χ0) is 24.5. The van der Waals surface area contributed by atoms with Gasteiger partial charge in [-0.1, -0.05) is 11.2 Å². The third-order valence-corrected chi connectivity index (χ3v) is 6.50. The summed E-state index contributed by atoms with van der Waals surface area (Å²) < 4.78 is 25.0. The number of rotatable bonds is 6. The molecule has 35 heavy (non-hydrogen) atoms. The van der Waals surface area contributed by atoms with Gasteiger partial charge < -0.3 is 14.6 Å². The third-order valence-electron chi connectivity index (χ3n) is 5.31. The number of anilines is 1. The highest BCUT2D eigenvalue weighted by atomic mass is 32.1. The molecule has 0 radical (unpaired) electrons. The third kappa shape index (κ3) is 4.41. The molecule has 5 rings (SSSR count). The van der Waals surface area contributed by atoms with Crippen molar-refractivity contribution in [2.45, 2.75) is 13.5 Å². The summed E-state index contributed by atoms with van der Waals surface area (Å²) in [6.45, 7) is 1.55. The van der Waals surface area contributed by atoms with Gasteiger partial charge in [0.2, 0.25) is 11.7 Å². The number of aromatic nitrogens is 4. The number of benzene rings is 2. The van der Waals surface area contributed by atoms with E-state index in [0.29, 0.717) is 43.5 Å². The number of carbonyl (C=O) groups is 1. The number of aryl methyl sites for hydroxylation is 1. The number of amides is 1. The van der Waals surface area contributed by atoms with Crippen LogP contribution >= 0.6 is 11.3 Å². The molecule has 0 saturated heterocycles. The minimum absolute atomic E-state index is 0.209. The van der Waals surface area contributed by atoms with Crippen molar-refractivity contribution in [2.75, 3.05) is 12.4 Å². The van der Waals surface area contributed by atoms with Gasteiger partial charge in [-0.15, -0.1) is 11.3 Å². The van der Waals surface area contributed by atoms with Crippen LogP contribution in [0.5, 0.6) is 5.75 Å². The molecule has 0 aliphatic carbocycles. The van der Waals surface area contributed by atoms with Crippen LogP contribution in [0.4, 0.5) is 10.1 Å². The van der Waals surface area contributed by atoms with Gasteiger partial charge in [0.25, 0.3) is 11.4 Å². The van der Waals surface area contributed by atoms with Crippen molar-refractivity contribution in [1.82, 2.24) is 19.7 Å². The maximum absolute atomic E-state index is 13.2. The molecule has 1 N–H and O–H groups in total. The van der Waals surface area contributed by atoms with Crippen LogP contribution in [0.2, 0.25) is 0 Å². The molecule has 0 aliphatic rings. The second-order valence-corrected chi connectivity index (χ2v) is 8.62. The molecule has 5 aromatic rings. The first-order chi connectivity index (χ1) is 16.9. The van der Waals surface area contributed by atoms with Crippen LogP contribution < -0.4 is 15.6 Å². The minimum atomic E-state index is -0.379. The van der Waals surface area contributed by atoms with Gasteiger partial charge in [-0.2, -0.15) is 4.98 Å². The van der Waals surface area contributed by atoms with Gasteiger partial charge in [0.05, 0.1) is 23.7 Å². The van der Waals surface area contributed by atoms with Crippen LogP contribution in [-0.2, 0) is 11.3 Å². The first kappa shape index (κ1) is 22.4. The van der Waals surface area contributed by atoms with E-state index in [2.05, 4.69) is 20.4 Å². The number of fused-ring (bicyclic) bond motifs is 1. The summed E-state index contributed by atoms with van der Waals surface area (Å²) in [4.78, 5) is 35.6. The Bertz CT molecular complexity index is 1610. The van der Waals surface area contributed by atoms with Crippen molar-refractivity contribution in [3.8, 4) is 27.9 Å². The molecule has 3 aromatic heterocycles. The molecule has 176 valence electrons. The fourth-order valence-electron chi connectivity index (χ4n) is 3.56. The zero-order valence-corrected chi connectivity index (χ0v) is 19.4. The molecule has 2 aromatic carbocycles. The van der Waals surface area contributed by atoms with E-state index in [1.54, 1.807) is 43.3 Å². The van der Waals surface area contributed by atoms with Crippen LogP contribution in [-0.4, -0.2) is 32.7 Å². The van der Waals surface area contributed by atoms with Crippen LogP contribution in [0.3, 0.4) is 0 Å². The Balaban J connectivity index is 1.42. The van der Waals surface area contributed by atoms with E-state index in [1.807, 2.05) is 0 Å². The van der Waals surface area contributed by atoms with Gasteiger partial charge in [0.1, 0.15) is 22.9 Å². The monoisotopic (exact) mass is 491 g/mol. The Morgan fingerprint density at radius 2 is 2.03 bits per heavy atom. The Kier molecular flexibility index (Phi) is 5.83. The molecule has 1 amide bonds. The molecule has 0 aliphatic heterocycles. The normalized spacial score (nSPS) is 11.1. The predicted molar refractivity (Wildman–Crippen MR) is 129 cm³/mol. The van der Waals surface area contributed by atoms with Crippen molar-refractivity contribution in [2.24, 2.45) is 0 Å². The summed E-state index contributed by atoms with van der Waals surface area (Å²) in [5, 5.41) is 7.09. The summed E-state index contributed by atoms with van der Waals surface area (Å²) in [7, 11) is 1.54. The number of nitrogens with one attached hydrogen (secondary N) is 1. The highest BCUT2D eigenvalue weighted by molar-refractivity contribution is 7.22. The smallest absolute Gasteiger partial charge is 0.268 e. The highest BCUT2D eigenvalue weighted by Crippen LogP contribution is 2.35. The summed E-state index contributed by atoms with van der Waals surface area (Å²) >= 11 is 1.24. The minimum Gasteiger partial charge on any atom is -0.497 e. The van der Waals surface area contributed by atoms with Crippen molar-refractivity contribution in [3.63, 3.8) is 0 Å². The average molecular weight is 492 g/mol. The summed E-state index contributed by atoms with van der Waals surface area (Å²) in [5.41, 5.74) is 1.43. The molecule has 0 unspecified atom stereocenters. The second-order valence-electron chi connectivity index (χ2n) is 7.62. The molecule has 0 saturated carbocycles. The Morgan fingerprint density at radius 3 is 2.80 bits per heavy atom. The number of thiophene rings is 1. The summed E-state index contributed by atoms with van der Waals surface area (Å²) in [5.74, 6) is 0.392. The molecular formula is C24H18FN5O4S. The van der Waals surface area contributed by atoms with Gasteiger partial charge >= 0.3 is 0 Å². The molecule has 0 atom stereocenters. The molecule has 3 heterocycles. The van der Waals surface area contributed by atoms with Crippen molar-refractivity contribution in [3.05, 3.63) is 76.6 Å². The van der Waals surface area contributed by atoms with Crippen LogP contribution in [0, 0.1) is 12.7 Å². The van der Waals surface area contributed by atoms with E-state index < -0.39 is 0 Å². The maximum Gasteiger partial charge on any atom is 0.268 e. The zero-order valence-electron chi connectivity index (χ0n) is 18.6. The number of hydrogen-bond acceptors (Lipinski definition) is 8. The van der Waals surface area contributed by atoms with Gasteiger partial charge in [0, 0.05) is 17.3 Å². The summed E-state index contributed by atoms with van der Waals surface area (Å²) in [6.07, 6.45) is 1.34. The molecule has 0 spiro atoms. The largest absolute Gasteiger partial charge is 0.497 e. The van der Waals surface area contributed by atoms with Gasteiger partial charge in [-0.3, -0.25) is 14.2 Å². The number of halogens is 1. The number of ether oxygens (including phenoxy) is 1. The fourth-order valence-corrected chi connectivity index (χ4v) is 4.62. The lowest BCUT2D eigenvalue weighted by atomic mass is 10.2. The molecular weight excluding hydrogens is 473 g/mol. The lowest BCUT2D eigenvalue weighted by Crippen LogP contribution is -2.27. The Hall–Kier alpha value is -4.38. The summed E-state index contributed by atoms with van der Waals surface area (Å²) in [6, 6.07) is 12.7. The van der Waals surface area contributed by atoms with Gasteiger partial charge in [-0.25, -0.2) is 9.37 Å². The number of carbonyl (C=O) groups excluding carboxylic acids is 1. The number of nitrogens with zero attached hydrogens (tertiary/aromatic N) is 4. The van der Waals surface area contributed by atoms with E-state index in [0.717, 1.165) is 0 Å². The quantitative estimate of drug-likeness (QED) is 0.377. The van der Waals surface area contributed by atoms with E-state index in [4.69, 9.17) is 9.26 Å².